The van der Waals surface area contributed by atoms with Gasteiger partial charge in [0.15, 0.2) is 0 Å². The first-order chi connectivity index (χ1) is 34.0. The Morgan fingerprint density at radius 2 is 1.47 bits per heavy atom. The van der Waals surface area contributed by atoms with Crippen LogP contribution in [0.3, 0.4) is 0 Å². The van der Waals surface area contributed by atoms with Gasteiger partial charge in [0.05, 0.1) is 32.5 Å². The van der Waals surface area contributed by atoms with Gasteiger partial charge in [-0.05, 0) is 149 Å². The van der Waals surface area contributed by atoms with Gasteiger partial charge in [0.1, 0.15) is 19.3 Å². The van der Waals surface area contributed by atoms with Crippen molar-refractivity contribution in [1.82, 2.24) is 10.2 Å². The van der Waals surface area contributed by atoms with Gasteiger partial charge >= 0.3 is 5.97 Å². The molecule has 404 valence electrons. The maximum Gasteiger partial charge on any atom is 0.332 e. The first-order valence-corrected chi connectivity index (χ1v) is 29.9. The van der Waals surface area contributed by atoms with Crippen LogP contribution in [-0.4, -0.2) is 101 Å². The Labute approximate surface area is 429 Å². The van der Waals surface area contributed by atoms with Gasteiger partial charge in [0, 0.05) is 26.1 Å². The summed E-state index contributed by atoms with van der Waals surface area (Å²) in [5, 5.41) is 2.84. The molecule has 9 atom stereocenters. The number of nitrogens with one attached hydrogen (secondary N) is 1. The molecule has 0 spiro atoms. The van der Waals surface area contributed by atoms with Crippen molar-refractivity contribution >= 4 is 11.9 Å². The first-order valence-electron chi connectivity index (χ1n) is 29.9. The molecule has 1 N–H and O–H groups in total. The van der Waals surface area contributed by atoms with Crippen molar-refractivity contribution < 1.29 is 33.3 Å². The van der Waals surface area contributed by atoms with E-state index in [9.17, 15) is 9.59 Å². The van der Waals surface area contributed by atoms with Crippen molar-refractivity contribution in [3.05, 3.63) is 23.8 Å². The summed E-state index contributed by atoms with van der Waals surface area (Å²) in [6.07, 6.45) is 43.1. The molecule has 3 saturated carbocycles. The van der Waals surface area contributed by atoms with Crippen LogP contribution in [0.5, 0.6) is 0 Å². The third kappa shape index (κ3) is 19.8. The highest BCUT2D eigenvalue weighted by Crippen LogP contribution is 2.69. The lowest BCUT2D eigenvalue weighted by Crippen LogP contribution is -2.50. The van der Waals surface area contributed by atoms with Crippen molar-refractivity contribution in [2.45, 2.75) is 234 Å². The molecule has 9 heteroatoms. The average molecular weight is 982 g/mol. The van der Waals surface area contributed by atoms with Gasteiger partial charge in [-0.3, -0.25) is 4.79 Å². The number of hydrogen-bond acceptors (Lipinski definition) is 8. The van der Waals surface area contributed by atoms with E-state index < -0.39 is 0 Å². The molecule has 4 aliphatic carbocycles. The summed E-state index contributed by atoms with van der Waals surface area (Å²) in [7, 11) is 0. The zero-order valence-corrected chi connectivity index (χ0v) is 46.2. The van der Waals surface area contributed by atoms with Crippen molar-refractivity contribution in [2.75, 3.05) is 72.4 Å². The molecule has 1 amide bonds. The van der Waals surface area contributed by atoms with Crippen molar-refractivity contribution in [2.24, 2.45) is 46.3 Å². The number of allylic oxidation sites excluding steroid dienone is 3. The van der Waals surface area contributed by atoms with Gasteiger partial charge in [-0.15, -0.1) is 0 Å². The number of unbranched alkanes of at least 4 members (excludes halogenated alkanes) is 12. The fourth-order valence-corrected chi connectivity index (χ4v) is 14.0. The Kier molecular flexibility index (Phi) is 28.0. The Bertz CT molecular complexity index is 1500. The van der Waals surface area contributed by atoms with Crippen LogP contribution < -0.4 is 5.32 Å². The monoisotopic (exact) mass is 981 g/mol. The number of hydrogen-bond donors (Lipinski definition) is 1. The zero-order chi connectivity index (χ0) is 49.9. The van der Waals surface area contributed by atoms with Crippen molar-refractivity contribution in [1.29, 1.82) is 0 Å². The van der Waals surface area contributed by atoms with Crippen LogP contribution in [0.25, 0.3) is 0 Å². The van der Waals surface area contributed by atoms with Crippen molar-refractivity contribution in [3.63, 3.8) is 0 Å². The first kappa shape index (κ1) is 59.1. The number of rotatable bonds is 37. The van der Waals surface area contributed by atoms with E-state index >= 15 is 0 Å². The number of ether oxygens (including phenoxy) is 5. The minimum Gasteiger partial charge on any atom is -0.460 e. The summed E-state index contributed by atoms with van der Waals surface area (Å²) in [6.45, 7) is 20.8. The molecule has 1 aliphatic heterocycles. The number of esters is 1. The minimum absolute atomic E-state index is 0.0298. The molecule has 0 aromatic heterocycles. The molecule has 1 saturated heterocycles. The molecule has 0 aromatic carbocycles. The van der Waals surface area contributed by atoms with Crippen LogP contribution in [0.2, 0.25) is 0 Å². The largest absolute Gasteiger partial charge is 0.460 e. The van der Waals surface area contributed by atoms with Gasteiger partial charge in [-0.25, -0.2) is 4.79 Å². The van der Waals surface area contributed by atoms with E-state index in [-0.39, 0.29) is 37.3 Å². The van der Waals surface area contributed by atoms with E-state index in [0.717, 1.165) is 81.5 Å². The number of piperidine rings is 1. The van der Waals surface area contributed by atoms with Crippen molar-refractivity contribution in [3.8, 4) is 0 Å². The SMILES string of the molecule is CCCCCCCCC=CCCCCCCCCOCC(CN1CCCCC1)OCCOCCNC(=O)COCC(=O)OC1CCC2C(=CCC3C2CCC2(C)C3CCC2(C)C(C)CCCC(C)C)C1. The topological polar surface area (TPSA) is 95.6 Å². The number of likely N-dealkylation sites (tertiary alicyclic amines) is 1. The van der Waals surface area contributed by atoms with Gasteiger partial charge < -0.3 is 33.9 Å². The molecular formula is C61H108N2O7. The van der Waals surface area contributed by atoms with Gasteiger partial charge in [-0.2, -0.15) is 0 Å². The molecule has 9 nitrogen and oxygen atoms in total. The standard InChI is InChI=1S/C61H108N2O7/c1-7-8-9-10-11-12-13-14-15-16-17-18-19-20-21-25-40-67-46-53(45-63-38-23-22-24-39-63)69-43-42-66-41-37-62-58(64)47-68-48-59(65)70-52-30-32-54-51(44-52)29-31-56-55(54)33-35-61(6)57(56)34-36-60(61,5)50(4)28-26-27-49(2)3/h14-15,29,49-50,52-57H,7-13,16-28,30-48H2,1-6H3,(H,62,64). The molecule has 1 heterocycles. The number of fused-ring (bicyclic) bond motifs is 5. The Morgan fingerprint density at radius 1 is 0.743 bits per heavy atom. The second-order valence-corrected chi connectivity index (χ2v) is 23.9. The predicted molar refractivity (Wildman–Crippen MR) is 288 cm³/mol. The minimum atomic E-state index is -0.377. The van der Waals surface area contributed by atoms with E-state index in [1.54, 1.807) is 0 Å². The molecule has 0 radical (unpaired) electrons. The maximum absolute atomic E-state index is 12.8. The van der Waals surface area contributed by atoms with Crippen LogP contribution in [0.1, 0.15) is 221 Å². The summed E-state index contributed by atoms with van der Waals surface area (Å²) in [5.41, 5.74) is 2.42. The van der Waals surface area contributed by atoms with Crippen LogP contribution >= 0.6 is 0 Å². The molecule has 4 fully saturated rings. The summed E-state index contributed by atoms with van der Waals surface area (Å²) < 4.78 is 29.6. The number of amides is 1. The van der Waals surface area contributed by atoms with Gasteiger partial charge in [0.25, 0.3) is 0 Å². The zero-order valence-electron chi connectivity index (χ0n) is 46.2. The molecule has 9 unspecified atom stereocenters. The normalized spacial score (nSPS) is 27.8. The third-order valence-corrected chi connectivity index (χ3v) is 18.5. The predicted octanol–water partition coefficient (Wildman–Crippen LogP) is 14.0. The van der Waals surface area contributed by atoms with Crippen LogP contribution in [0, 0.1) is 46.3 Å². The molecule has 5 rings (SSSR count). The Hall–Kier alpha value is -1.78. The van der Waals surface area contributed by atoms with E-state index in [4.69, 9.17) is 23.7 Å². The second kappa shape index (κ2) is 33.2. The molecule has 70 heavy (non-hydrogen) atoms. The highest BCUT2D eigenvalue weighted by atomic mass is 16.6. The third-order valence-electron chi connectivity index (χ3n) is 18.5. The molecule has 0 aromatic rings. The highest BCUT2D eigenvalue weighted by Gasteiger charge is 2.61. The van der Waals surface area contributed by atoms with E-state index in [2.05, 4.69) is 70.0 Å². The molecule has 5 aliphatic rings. The average Bonchev–Trinajstić information content (AvgIpc) is 3.63. The Balaban J connectivity index is 0.864. The molecular weight excluding hydrogens is 873 g/mol. The van der Waals surface area contributed by atoms with Crippen LogP contribution in [0.15, 0.2) is 23.8 Å². The number of carbonyl (C=O) groups excluding carboxylic acids is 2. The number of carbonyl (C=O) groups is 2. The lowest BCUT2D eigenvalue weighted by molar-refractivity contribution is -0.156. The highest BCUT2D eigenvalue weighted by molar-refractivity contribution is 5.77. The summed E-state index contributed by atoms with van der Waals surface area (Å²) in [5.74, 6) is 4.00. The maximum atomic E-state index is 12.8. The second-order valence-electron chi connectivity index (χ2n) is 23.9. The fraction of sp³-hybridized carbons (Fsp3) is 0.902. The van der Waals surface area contributed by atoms with Crippen LogP contribution in [0.4, 0.5) is 0 Å². The Morgan fingerprint density at radius 3 is 2.21 bits per heavy atom. The quantitative estimate of drug-likeness (QED) is 0.0374. The van der Waals surface area contributed by atoms with E-state index in [1.807, 2.05) is 0 Å². The smallest absolute Gasteiger partial charge is 0.332 e. The van der Waals surface area contributed by atoms with E-state index in [1.165, 1.54) is 160 Å². The summed E-state index contributed by atoms with van der Waals surface area (Å²) >= 11 is 0. The van der Waals surface area contributed by atoms with Crippen LogP contribution in [-0.2, 0) is 33.3 Å². The lowest BCUT2D eigenvalue weighted by Gasteiger charge is -2.57. The fourth-order valence-electron chi connectivity index (χ4n) is 14.0. The number of nitrogens with zero attached hydrogens (tertiary/aromatic N) is 1. The van der Waals surface area contributed by atoms with Gasteiger partial charge in [0.2, 0.25) is 5.91 Å². The summed E-state index contributed by atoms with van der Waals surface area (Å²) in [4.78, 5) is 27.8. The van der Waals surface area contributed by atoms with Gasteiger partial charge in [-0.1, -0.05) is 149 Å². The lowest BCUT2D eigenvalue weighted by atomic mass is 9.47. The molecule has 0 bridgehead atoms. The van der Waals surface area contributed by atoms with E-state index in [0.29, 0.717) is 49.7 Å². The summed E-state index contributed by atoms with van der Waals surface area (Å²) in [6, 6.07) is 0.